The monoisotopic (exact) mass is 363 g/mol. The molecule has 2 aliphatic heterocycles. The maximum absolute atomic E-state index is 12.8. The fraction of sp³-hybridized carbons (Fsp3) is 0.579. The van der Waals surface area contributed by atoms with Gasteiger partial charge in [0.05, 0.1) is 12.5 Å². The van der Waals surface area contributed by atoms with Crippen LogP contribution in [-0.2, 0) is 9.59 Å². The largest absolute Gasteiger partial charge is 0.492 e. The number of halogens is 1. The molecule has 2 fully saturated rings. The molecule has 1 aromatic carbocycles. The third kappa shape index (κ3) is 4.72. The quantitative estimate of drug-likeness (QED) is 0.770. The summed E-state index contributed by atoms with van der Waals surface area (Å²) in [5.74, 6) is 0.395. The standard InChI is InChI=1S/C19H26FN3O3/c1-22-9-6-14(7-10-22)19(25)23-12-15(13-23)18(24)21-8-11-26-17-4-2-16(20)3-5-17/h2-5,14-15H,6-13H2,1H3,(H,21,24). The molecule has 0 spiro atoms. The van der Waals surface area contributed by atoms with Crippen molar-refractivity contribution in [1.29, 1.82) is 0 Å². The van der Waals surface area contributed by atoms with Crippen LogP contribution in [0.2, 0.25) is 0 Å². The van der Waals surface area contributed by atoms with E-state index in [0.29, 0.717) is 32.0 Å². The van der Waals surface area contributed by atoms with E-state index in [4.69, 9.17) is 4.74 Å². The lowest BCUT2D eigenvalue weighted by Gasteiger charge is -2.41. The summed E-state index contributed by atoms with van der Waals surface area (Å²) in [6.45, 7) is 3.65. The van der Waals surface area contributed by atoms with Crippen molar-refractivity contribution < 1.29 is 18.7 Å². The van der Waals surface area contributed by atoms with Crippen LogP contribution < -0.4 is 10.1 Å². The topological polar surface area (TPSA) is 61.9 Å². The van der Waals surface area contributed by atoms with Gasteiger partial charge in [-0.25, -0.2) is 4.39 Å². The van der Waals surface area contributed by atoms with Gasteiger partial charge in [0, 0.05) is 19.0 Å². The lowest BCUT2D eigenvalue weighted by molar-refractivity contribution is -0.147. The van der Waals surface area contributed by atoms with Crippen LogP contribution in [0.25, 0.3) is 0 Å². The highest BCUT2D eigenvalue weighted by Crippen LogP contribution is 2.24. The van der Waals surface area contributed by atoms with Gasteiger partial charge >= 0.3 is 0 Å². The van der Waals surface area contributed by atoms with Crippen LogP contribution >= 0.6 is 0 Å². The molecule has 2 amide bonds. The summed E-state index contributed by atoms with van der Waals surface area (Å²) in [5, 5.41) is 2.83. The van der Waals surface area contributed by atoms with Gasteiger partial charge in [-0.15, -0.1) is 0 Å². The van der Waals surface area contributed by atoms with E-state index in [1.54, 1.807) is 17.0 Å². The van der Waals surface area contributed by atoms with Gasteiger partial charge in [-0.05, 0) is 57.2 Å². The Morgan fingerprint density at radius 1 is 1.15 bits per heavy atom. The number of nitrogens with zero attached hydrogens (tertiary/aromatic N) is 2. The van der Waals surface area contributed by atoms with Gasteiger partial charge in [-0.2, -0.15) is 0 Å². The molecule has 7 heteroatoms. The number of piperidine rings is 1. The van der Waals surface area contributed by atoms with E-state index in [-0.39, 0.29) is 29.5 Å². The average molecular weight is 363 g/mol. The van der Waals surface area contributed by atoms with Crippen molar-refractivity contribution in [3.8, 4) is 5.75 Å². The maximum atomic E-state index is 12.8. The van der Waals surface area contributed by atoms with E-state index in [0.717, 1.165) is 25.9 Å². The van der Waals surface area contributed by atoms with Crippen molar-refractivity contribution in [2.75, 3.05) is 46.4 Å². The summed E-state index contributed by atoms with van der Waals surface area (Å²) in [6.07, 6.45) is 1.81. The Bertz CT molecular complexity index is 623. The van der Waals surface area contributed by atoms with Gasteiger partial charge in [0.2, 0.25) is 11.8 Å². The van der Waals surface area contributed by atoms with E-state index >= 15 is 0 Å². The molecule has 0 atom stereocenters. The van der Waals surface area contributed by atoms with Crippen LogP contribution in [0.5, 0.6) is 5.75 Å². The van der Waals surface area contributed by atoms with Crippen molar-refractivity contribution in [1.82, 2.24) is 15.1 Å². The number of hydrogen-bond donors (Lipinski definition) is 1. The minimum absolute atomic E-state index is 0.0415. The summed E-state index contributed by atoms with van der Waals surface area (Å²) in [5.41, 5.74) is 0. The Labute approximate surface area is 153 Å². The first kappa shape index (κ1) is 18.6. The smallest absolute Gasteiger partial charge is 0.226 e. The van der Waals surface area contributed by atoms with Crippen LogP contribution in [0.4, 0.5) is 4.39 Å². The van der Waals surface area contributed by atoms with Gasteiger partial charge in [-0.1, -0.05) is 0 Å². The first-order chi connectivity index (χ1) is 12.5. The molecule has 1 N–H and O–H groups in total. The molecular formula is C19H26FN3O3. The summed E-state index contributed by atoms with van der Waals surface area (Å²) in [7, 11) is 2.07. The second-order valence-corrected chi connectivity index (χ2v) is 7.11. The van der Waals surface area contributed by atoms with E-state index in [9.17, 15) is 14.0 Å². The zero-order valence-electron chi connectivity index (χ0n) is 15.1. The third-order valence-electron chi connectivity index (χ3n) is 5.12. The molecule has 2 heterocycles. The molecule has 0 aliphatic carbocycles. The number of benzene rings is 1. The molecule has 6 nitrogen and oxygen atoms in total. The first-order valence-corrected chi connectivity index (χ1v) is 9.16. The molecule has 0 aromatic heterocycles. The predicted molar refractivity (Wildman–Crippen MR) is 95.2 cm³/mol. The molecule has 0 bridgehead atoms. The molecule has 1 aromatic rings. The third-order valence-corrected chi connectivity index (χ3v) is 5.12. The Kier molecular flexibility index (Phi) is 6.08. The van der Waals surface area contributed by atoms with Gasteiger partial charge in [-0.3, -0.25) is 9.59 Å². The van der Waals surface area contributed by atoms with Gasteiger partial charge in [0.15, 0.2) is 0 Å². The number of nitrogens with one attached hydrogen (secondary N) is 1. The predicted octanol–water partition coefficient (Wildman–Crippen LogP) is 1.12. The fourth-order valence-corrected chi connectivity index (χ4v) is 3.36. The highest BCUT2D eigenvalue weighted by Gasteiger charge is 2.38. The zero-order valence-corrected chi connectivity index (χ0v) is 15.1. The second-order valence-electron chi connectivity index (χ2n) is 7.11. The molecule has 26 heavy (non-hydrogen) atoms. The number of ether oxygens (including phenoxy) is 1. The zero-order chi connectivity index (χ0) is 18.5. The van der Waals surface area contributed by atoms with Gasteiger partial charge < -0.3 is 19.9 Å². The molecular weight excluding hydrogens is 337 g/mol. The SMILES string of the molecule is CN1CCC(C(=O)N2CC(C(=O)NCCOc3ccc(F)cc3)C2)CC1. The van der Waals surface area contributed by atoms with Crippen LogP contribution in [-0.4, -0.2) is 68.0 Å². The number of hydrogen-bond acceptors (Lipinski definition) is 4. The summed E-state index contributed by atoms with van der Waals surface area (Å²) >= 11 is 0. The van der Waals surface area contributed by atoms with Crippen molar-refractivity contribution >= 4 is 11.8 Å². The fourth-order valence-electron chi connectivity index (χ4n) is 3.36. The Morgan fingerprint density at radius 3 is 2.46 bits per heavy atom. The lowest BCUT2D eigenvalue weighted by atomic mass is 9.91. The summed E-state index contributed by atoms with van der Waals surface area (Å²) in [6, 6.07) is 5.77. The molecule has 3 rings (SSSR count). The maximum Gasteiger partial charge on any atom is 0.226 e. The highest BCUT2D eigenvalue weighted by atomic mass is 19.1. The van der Waals surface area contributed by atoms with E-state index in [1.165, 1.54) is 12.1 Å². The number of rotatable bonds is 6. The average Bonchev–Trinajstić information content (AvgIpc) is 2.59. The normalized spacial score (nSPS) is 19.1. The van der Waals surface area contributed by atoms with Crippen LogP contribution in [0.1, 0.15) is 12.8 Å². The molecule has 2 aliphatic rings. The van der Waals surface area contributed by atoms with E-state index < -0.39 is 0 Å². The van der Waals surface area contributed by atoms with E-state index in [1.807, 2.05) is 0 Å². The molecule has 0 radical (unpaired) electrons. The molecule has 0 saturated carbocycles. The Hall–Kier alpha value is -2.15. The number of likely N-dealkylation sites (tertiary alicyclic amines) is 2. The van der Waals surface area contributed by atoms with Crippen molar-refractivity contribution in [3.05, 3.63) is 30.1 Å². The van der Waals surface area contributed by atoms with Crippen LogP contribution in [0, 0.1) is 17.7 Å². The van der Waals surface area contributed by atoms with Crippen LogP contribution in [0.15, 0.2) is 24.3 Å². The molecule has 2 saturated heterocycles. The first-order valence-electron chi connectivity index (χ1n) is 9.16. The van der Waals surface area contributed by atoms with Crippen molar-refractivity contribution in [3.63, 3.8) is 0 Å². The number of carbonyl (C=O) groups excluding carboxylic acids is 2. The highest BCUT2D eigenvalue weighted by molar-refractivity contribution is 5.85. The minimum Gasteiger partial charge on any atom is -0.492 e. The van der Waals surface area contributed by atoms with Crippen molar-refractivity contribution in [2.45, 2.75) is 12.8 Å². The Balaban J connectivity index is 1.31. The van der Waals surface area contributed by atoms with Crippen LogP contribution in [0.3, 0.4) is 0 Å². The second kappa shape index (κ2) is 8.49. The summed E-state index contributed by atoms with van der Waals surface area (Å²) in [4.78, 5) is 28.6. The van der Waals surface area contributed by atoms with Crippen molar-refractivity contribution in [2.24, 2.45) is 11.8 Å². The number of amides is 2. The molecule has 0 unspecified atom stereocenters. The van der Waals surface area contributed by atoms with E-state index in [2.05, 4.69) is 17.3 Å². The Morgan fingerprint density at radius 2 is 1.81 bits per heavy atom. The number of carbonyl (C=O) groups is 2. The minimum atomic E-state index is -0.310. The molecule has 142 valence electrons. The van der Waals surface area contributed by atoms with Gasteiger partial charge in [0.1, 0.15) is 18.2 Å². The van der Waals surface area contributed by atoms with Gasteiger partial charge in [0.25, 0.3) is 0 Å². The summed E-state index contributed by atoms with van der Waals surface area (Å²) < 4.78 is 18.2. The lowest BCUT2D eigenvalue weighted by Crippen LogP contribution is -2.57.